The molecule has 0 atom stereocenters. The number of aromatic nitrogens is 3. The molecule has 1 aromatic heterocycles. The lowest BCUT2D eigenvalue weighted by Gasteiger charge is -2.19. The molecule has 1 amide bonds. The summed E-state index contributed by atoms with van der Waals surface area (Å²) in [6.07, 6.45) is 1.58. The highest BCUT2D eigenvalue weighted by molar-refractivity contribution is 7.99. The van der Waals surface area contributed by atoms with E-state index in [-0.39, 0.29) is 18.2 Å². The number of benzene rings is 2. The predicted octanol–water partition coefficient (Wildman–Crippen LogP) is 2.92. The van der Waals surface area contributed by atoms with E-state index in [9.17, 15) is 4.79 Å². The van der Waals surface area contributed by atoms with Gasteiger partial charge in [-0.25, -0.2) is 0 Å². The Bertz CT molecular complexity index is 952. The molecule has 8 heteroatoms. The highest BCUT2D eigenvalue weighted by Gasteiger charge is 2.18. The topological polar surface area (TPSA) is 84.0 Å². The summed E-state index contributed by atoms with van der Waals surface area (Å²) in [4.78, 5) is 14.1. The van der Waals surface area contributed by atoms with Gasteiger partial charge in [-0.15, -0.1) is 10.2 Å². The van der Waals surface area contributed by atoms with Gasteiger partial charge in [0.25, 0.3) is 0 Å². The smallest absolute Gasteiger partial charge is 0.238 e. The van der Waals surface area contributed by atoms with E-state index in [4.69, 9.17) is 10.00 Å². The molecule has 27 heavy (non-hydrogen) atoms. The van der Waals surface area contributed by atoms with Crippen LogP contribution in [0.15, 0.2) is 66.1 Å². The van der Waals surface area contributed by atoms with Gasteiger partial charge in [0, 0.05) is 5.69 Å². The number of carbonyl (C=O) groups excluding carboxylic acids is 1. The second-order valence-electron chi connectivity index (χ2n) is 5.42. The average Bonchev–Trinajstić information content (AvgIpc) is 3.19. The van der Waals surface area contributed by atoms with E-state index in [0.29, 0.717) is 16.6 Å². The van der Waals surface area contributed by atoms with E-state index in [1.165, 1.54) is 16.7 Å². The molecule has 0 N–H and O–H groups in total. The van der Waals surface area contributed by atoms with Crippen molar-refractivity contribution < 1.29 is 9.53 Å². The zero-order chi connectivity index (χ0) is 19.1. The van der Waals surface area contributed by atoms with Gasteiger partial charge < -0.3 is 4.74 Å². The minimum Gasteiger partial charge on any atom is -0.495 e. The lowest BCUT2D eigenvalue weighted by molar-refractivity contribution is -0.116. The fourth-order valence-electron chi connectivity index (χ4n) is 2.52. The first-order chi connectivity index (χ1) is 13.2. The normalized spacial score (nSPS) is 10.2. The molecule has 0 saturated heterocycles. The van der Waals surface area contributed by atoms with E-state index in [0.717, 1.165) is 5.69 Å². The summed E-state index contributed by atoms with van der Waals surface area (Å²) in [6.45, 7) is -0.0113. The lowest BCUT2D eigenvalue weighted by atomic mass is 10.3. The van der Waals surface area contributed by atoms with Gasteiger partial charge in [-0.1, -0.05) is 42.1 Å². The van der Waals surface area contributed by atoms with Gasteiger partial charge in [0.1, 0.15) is 18.6 Å². The third kappa shape index (κ3) is 4.27. The predicted molar refractivity (Wildman–Crippen MR) is 103 cm³/mol. The maximum absolute atomic E-state index is 12.7. The Morgan fingerprint density at radius 1 is 1.22 bits per heavy atom. The zero-order valence-corrected chi connectivity index (χ0v) is 15.5. The summed E-state index contributed by atoms with van der Waals surface area (Å²) in [6, 6.07) is 18.7. The third-order valence-corrected chi connectivity index (χ3v) is 4.71. The third-order valence-electron chi connectivity index (χ3n) is 3.78. The van der Waals surface area contributed by atoms with Crippen LogP contribution in [0.4, 0.5) is 5.69 Å². The van der Waals surface area contributed by atoms with Gasteiger partial charge in [-0.3, -0.25) is 14.3 Å². The first kappa shape index (κ1) is 18.5. The molecule has 0 spiro atoms. The van der Waals surface area contributed by atoms with Crippen molar-refractivity contribution in [3.05, 3.63) is 60.9 Å². The van der Waals surface area contributed by atoms with Crippen molar-refractivity contribution in [2.45, 2.75) is 5.16 Å². The van der Waals surface area contributed by atoms with Crippen LogP contribution in [0.3, 0.4) is 0 Å². The molecule has 0 aliphatic heterocycles. The van der Waals surface area contributed by atoms with Crippen LogP contribution in [0.2, 0.25) is 0 Å². The summed E-state index contributed by atoms with van der Waals surface area (Å²) < 4.78 is 7.15. The molecule has 0 radical (unpaired) electrons. The van der Waals surface area contributed by atoms with Crippen LogP contribution in [-0.2, 0) is 4.79 Å². The molecule has 0 aliphatic rings. The molecule has 0 unspecified atom stereocenters. The van der Waals surface area contributed by atoms with Crippen LogP contribution in [0.1, 0.15) is 0 Å². The SMILES string of the molecule is COc1ccccc1-n1cnnc1SCC(=O)N(CC#N)c1ccccc1. The Labute approximate surface area is 161 Å². The Morgan fingerprint density at radius 3 is 2.70 bits per heavy atom. The second kappa shape index (κ2) is 8.87. The first-order valence-electron chi connectivity index (χ1n) is 8.13. The van der Waals surface area contributed by atoms with Gasteiger partial charge in [0.15, 0.2) is 5.16 Å². The summed E-state index contributed by atoms with van der Waals surface area (Å²) in [5.41, 5.74) is 1.48. The number of rotatable bonds is 7. The van der Waals surface area contributed by atoms with Crippen LogP contribution in [-0.4, -0.2) is 40.1 Å². The number of amides is 1. The second-order valence-corrected chi connectivity index (χ2v) is 6.36. The Balaban J connectivity index is 1.77. The number of ether oxygens (including phenoxy) is 1. The molecule has 3 rings (SSSR count). The molecule has 0 fully saturated rings. The molecule has 1 heterocycles. The summed E-state index contributed by atoms with van der Waals surface area (Å²) >= 11 is 1.26. The molecule has 0 saturated carbocycles. The van der Waals surface area contributed by atoms with Crippen molar-refractivity contribution >= 4 is 23.4 Å². The quantitative estimate of drug-likeness (QED) is 0.464. The minimum absolute atomic E-state index is 0.0113. The van der Waals surface area contributed by atoms with Gasteiger partial charge in [0.2, 0.25) is 5.91 Å². The van der Waals surface area contributed by atoms with Crippen LogP contribution in [0.25, 0.3) is 5.69 Å². The molecule has 0 bridgehead atoms. The monoisotopic (exact) mass is 379 g/mol. The van der Waals surface area contributed by atoms with Crippen molar-refractivity contribution in [2.24, 2.45) is 0 Å². The maximum Gasteiger partial charge on any atom is 0.238 e. The number of hydrogen-bond donors (Lipinski definition) is 0. The number of methoxy groups -OCH3 is 1. The number of hydrogen-bond acceptors (Lipinski definition) is 6. The number of nitrogens with zero attached hydrogens (tertiary/aromatic N) is 5. The number of para-hydroxylation sites is 3. The van der Waals surface area contributed by atoms with Crippen LogP contribution < -0.4 is 9.64 Å². The average molecular weight is 379 g/mol. The van der Waals surface area contributed by atoms with Crippen LogP contribution >= 0.6 is 11.8 Å². The molecule has 136 valence electrons. The largest absolute Gasteiger partial charge is 0.495 e. The van der Waals surface area contributed by atoms with Crippen molar-refractivity contribution in [3.63, 3.8) is 0 Å². The standard InChI is InChI=1S/C19H17N5O2S/c1-26-17-10-6-5-9-16(17)24-14-21-22-19(24)27-13-18(25)23(12-11-20)15-7-3-2-4-8-15/h2-10,14H,12-13H2,1H3. The lowest BCUT2D eigenvalue weighted by Crippen LogP contribution is -2.32. The maximum atomic E-state index is 12.7. The van der Waals surface area contributed by atoms with Crippen molar-refractivity contribution in [1.29, 1.82) is 5.26 Å². The number of thioether (sulfide) groups is 1. The Morgan fingerprint density at radius 2 is 1.96 bits per heavy atom. The Kier molecular flexibility index (Phi) is 6.07. The van der Waals surface area contributed by atoms with E-state index < -0.39 is 0 Å². The van der Waals surface area contributed by atoms with E-state index in [1.54, 1.807) is 30.1 Å². The van der Waals surface area contributed by atoms with E-state index in [1.807, 2.05) is 48.5 Å². The zero-order valence-electron chi connectivity index (χ0n) is 14.6. The van der Waals surface area contributed by atoms with Gasteiger partial charge in [0.05, 0.1) is 24.6 Å². The van der Waals surface area contributed by atoms with Crippen molar-refractivity contribution in [1.82, 2.24) is 14.8 Å². The van der Waals surface area contributed by atoms with E-state index >= 15 is 0 Å². The van der Waals surface area contributed by atoms with E-state index in [2.05, 4.69) is 10.2 Å². The van der Waals surface area contributed by atoms with Crippen molar-refractivity contribution in [2.75, 3.05) is 24.3 Å². The molecule has 7 nitrogen and oxygen atoms in total. The summed E-state index contributed by atoms with van der Waals surface area (Å²) in [5, 5.41) is 17.7. The first-order valence-corrected chi connectivity index (χ1v) is 9.11. The van der Waals surface area contributed by atoms with Gasteiger partial charge in [-0.05, 0) is 24.3 Å². The van der Waals surface area contributed by atoms with Crippen molar-refractivity contribution in [3.8, 4) is 17.5 Å². The van der Waals surface area contributed by atoms with Crippen LogP contribution in [0.5, 0.6) is 5.75 Å². The highest BCUT2D eigenvalue weighted by atomic mass is 32.2. The molecule has 2 aromatic carbocycles. The molecular weight excluding hydrogens is 362 g/mol. The highest BCUT2D eigenvalue weighted by Crippen LogP contribution is 2.27. The van der Waals surface area contributed by atoms with Gasteiger partial charge >= 0.3 is 0 Å². The molecule has 3 aromatic rings. The van der Waals surface area contributed by atoms with Gasteiger partial charge in [-0.2, -0.15) is 5.26 Å². The van der Waals surface area contributed by atoms with Crippen LogP contribution in [0, 0.1) is 11.3 Å². The Hall–Kier alpha value is -3.31. The summed E-state index contributed by atoms with van der Waals surface area (Å²) in [7, 11) is 1.60. The number of carbonyl (C=O) groups is 1. The minimum atomic E-state index is -0.178. The summed E-state index contributed by atoms with van der Waals surface area (Å²) in [5.74, 6) is 0.632. The molecule has 0 aliphatic carbocycles. The molecular formula is C19H17N5O2S. The number of anilines is 1. The fraction of sp³-hybridized carbons (Fsp3) is 0.158. The fourth-order valence-corrected chi connectivity index (χ4v) is 3.32. The number of nitriles is 1.